The highest BCUT2D eigenvalue weighted by atomic mass is 16.6. The monoisotopic (exact) mass is 1990 g/mol. The van der Waals surface area contributed by atoms with E-state index in [1.165, 1.54) is 6.92 Å². The molecule has 0 aliphatic carbocycles. The summed E-state index contributed by atoms with van der Waals surface area (Å²) in [5.41, 5.74) is 82.5. The zero-order valence-corrected chi connectivity index (χ0v) is 79.7. The van der Waals surface area contributed by atoms with E-state index >= 15 is 0 Å². The van der Waals surface area contributed by atoms with Crippen LogP contribution < -0.4 is 0 Å². The Hall–Kier alpha value is -8.14. The maximum Gasteiger partial charge on any atom is 0.166 e. The second-order valence-electron chi connectivity index (χ2n) is 34.7. The van der Waals surface area contributed by atoms with E-state index in [0.29, 0.717) is 0 Å². The number of aliphatic hydroxyl groups excluding tert-OH is 21. The average Bonchev–Trinajstić information content (AvgIpc) is 0.816. The van der Waals surface area contributed by atoms with Crippen molar-refractivity contribution in [2.75, 3.05) is 46.0 Å². The zero-order chi connectivity index (χ0) is 105. The molecule has 10 fully saturated rings. The van der Waals surface area contributed by atoms with Crippen molar-refractivity contribution in [3.63, 3.8) is 0 Å². The fourth-order valence-corrected chi connectivity index (χ4v) is 15.4. The molecule has 61 nitrogen and oxygen atoms in total. The van der Waals surface area contributed by atoms with Gasteiger partial charge in [-0.25, -0.2) is 0 Å². The van der Waals surface area contributed by atoms with E-state index in [-0.39, 0.29) is 144 Å². The van der Waals surface area contributed by atoms with Gasteiger partial charge in [-0.05, 0) is 162 Å². The summed E-state index contributed by atoms with van der Waals surface area (Å²) in [4.78, 5) is 26.2. The van der Waals surface area contributed by atoms with Crippen molar-refractivity contribution in [2.45, 2.75) is 401 Å². The molecule has 61 heteroatoms. The van der Waals surface area contributed by atoms with Crippen LogP contribution in [0.2, 0.25) is 0 Å². The molecule has 21 N–H and O–H groups in total. The average molecular weight is 1990 g/mol. The van der Waals surface area contributed by atoms with Gasteiger partial charge in [0.1, 0.15) is 73.2 Å². The van der Waals surface area contributed by atoms with Crippen molar-refractivity contribution in [1.82, 2.24) is 0 Å². The van der Waals surface area contributed by atoms with Gasteiger partial charge in [0.15, 0.2) is 6.29 Å². The largest absolute Gasteiger partial charge is 0.394 e. The van der Waals surface area contributed by atoms with Gasteiger partial charge >= 0.3 is 0 Å². The van der Waals surface area contributed by atoms with Crippen molar-refractivity contribution in [1.29, 1.82) is 0 Å². The normalized spacial score (nSPS) is 43.4. The van der Waals surface area contributed by atoms with Gasteiger partial charge in [-0.1, -0.05) is 107 Å². The van der Waals surface area contributed by atoms with Gasteiger partial charge in [0.25, 0.3) is 0 Å². The van der Waals surface area contributed by atoms with E-state index in [1.54, 1.807) is 27.7 Å². The third-order valence-electron chi connectivity index (χ3n) is 25.8. The Bertz CT molecular complexity index is 3790. The van der Waals surface area contributed by atoms with E-state index in [1.807, 2.05) is 96.9 Å². The summed E-state index contributed by atoms with van der Waals surface area (Å²) >= 11 is 0. The lowest BCUT2D eigenvalue weighted by atomic mass is 9.87. The quantitative estimate of drug-likeness (QED) is 0.0564. The van der Waals surface area contributed by atoms with Crippen LogP contribution in [0.1, 0.15) is 139 Å². The minimum atomic E-state index is -1.37. The van der Waals surface area contributed by atoms with Gasteiger partial charge in [-0.3, -0.25) is 0 Å². The Balaban J connectivity index is 0.00000151. The minimum Gasteiger partial charge on any atom is -0.394 e. The van der Waals surface area contributed by atoms with Crippen LogP contribution in [0.15, 0.2) is 51.1 Å². The molecule has 0 radical (unpaired) electrons. The minimum absolute atomic E-state index is 0. The summed E-state index contributed by atoms with van der Waals surface area (Å²) in [6, 6.07) is -4.02. The fourth-order valence-electron chi connectivity index (χ4n) is 15.4. The lowest BCUT2D eigenvalue weighted by Crippen LogP contribution is -2.55. The van der Waals surface area contributed by atoms with Gasteiger partial charge in [-0.15, -0.1) is 0 Å². The molecule has 50 atom stereocenters. The molecule has 0 spiro atoms. The van der Waals surface area contributed by atoms with E-state index < -0.39 is 213 Å². The van der Waals surface area contributed by atoms with Crippen LogP contribution in [-0.4, -0.2) is 416 Å². The Morgan fingerprint density at radius 2 is 0.370 bits per heavy atom. The molecular weight excluding hydrogens is 1840 g/mol. The van der Waals surface area contributed by atoms with Crippen molar-refractivity contribution in [2.24, 2.45) is 92.6 Å². The number of azide groups is 10. The first-order valence-electron chi connectivity index (χ1n) is 44.3. The molecule has 10 heterocycles. The third-order valence-corrected chi connectivity index (χ3v) is 25.8. The number of hydrogen-bond donors (Lipinski definition) is 21. The summed E-state index contributed by atoms with van der Waals surface area (Å²) in [6.07, 6.45) is -25.7. The van der Waals surface area contributed by atoms with Crippen molar-refractivity contribution < 1.29 is 155 Å². The standard InChI is InChI=1S/2C8H14N6O2.4C8H15N3O3.C8H16O4.C7H13N3O3.C7H14O4.C6H11N3O4.CH4/c2*1-4-5(2)16-6(3-11-13-9)8(15)7(4)12-14-10;2*1-4-5(2)14-6(3-12)8(13)7(4)10-11-9;2*1-4-5(2)14-6(3-10-11-9)8(13)7(4)12;1-4-5(2)12-6(3-9)8(11)7(4)10;1-3-5(9-10-8)7(12)6(11)4(2)13-3;1-3-5(8)7(10)6(9)4(2)11-3;1-2-4(10)5(11)3(8-9-7)6(12)13-2;/h2*4-8,15H,3H2,1-2H3;4*4-8,12-13H,3H2,1-2H3;4-11H,3H2,1-2H3;3-7,11-12H,1-2H3;3-10H,1-2H3;2-6,10-12H,1H3;1H4/t2*4?,5-,6?,7-,8-;4?,5-,6?,7+,8+;3*4?,5-,6?,7-,8-;4?,5-,6?,7+,8+;3?,4?,5?,6-,7-;3?,4?,5-,6?,7?;2?,3?,4-,5-,6?;/m1101110111./s1. The van der Waals surface area contributed by atoms with Crippen LogP contribution in [0.5, 0.6) is 0 Å². The Morgan fingerprint density at radius 3 is 0.623 bits per heavy atom. The first-order chi connectivity index (χ1) is 64.4. The Kier molecular flexibility index (Phi) is 62.0. The molecule has 138 heavy (non-hydrogen) atoms. The number of nitrogens with zero attached hydrogens (tertiary/aromatic N) is 30. The van der Waals surface area contributed by atoms with Gasteiger partial charge in [0.05, 0.1) is 229 Å². The number of rotatable bonds is 17. The van der Waals surface area contributed by atoms with E-state index in [9.17, 15) is 91.9 Å². The van der Waals surface area contributed by atoms with Gasteiger partial charge in [0.2, 0.25) is 0 Å². The molecule has 0 bridgehead atoms. The highest BCUT2D eigenvalue weighted by Gasteiger charge is 2.49. The third kappa shape index (κ3) is 38.3. The maximum atomic E-state index is 9.90. The molecule has 0 saturated carbocycles. The first-order valence-corrected chi connectivity index (χ1v) is 44.3. The van der Waals surface area contributed by atoms with Crippen LogP contribution in [0.4, 0.5) is 0 Å². The van der Waals surface area contributed by atoms with E-state index in [0.717, 1.165) is 0 Å². The second kappa shape index (κ2) is 65.9. The van der Waals surface area contributed by atoms with Crippen LogP contribution >= 0.6 is 0 Å². The molecule has 0 aromatic carbocycles. The highest BCUT2D eigenvalue weighted by molar-refractivity contribution is 5.01. The van der Waals surface area contributed by atoms with Gasteiger partial charge in [-0.2, -0.15) is 0 Å². The SMILES string of the molecule is C.CC1OC(C)[C@@H](O)C(O)C1O.CC1OC(C)[C@@H](O)[C@H](O)C1N=[N+]=[N-].CC1OC(O)C(N=[N+]=[N-])[C@@H](O)[C@@H]1O.CC1[C@@H](N=[N+]=[N-])[C@H](O)C(CN=[N+]=[N-])O[C@@H]1C.CC1[C@@H](N=[N+]=[N-])[C@H](O)C(CN=[N+]=[N-])O[C@@H]1C.CC1[C@@H](N=[N+]=[N-])[C@H](O)C(CO)O[C@@H]1C.CC1[C@@H](O)[C@H](O)C(CN=[N+]=[N-])O[C@@H]1C.CC1[C@@H](O)[C@H](O)C(CN=[N+]=[N-])O[C@@H]1C.CC1[C@H](C)OC(CO)[C@@H](O)[C@@H]1N=[N+]=[N-].CC1[C@H](C)OC(CO)[C@@H](O)[C@@H]1O. The lowest BCUT2D eigenvalue weighted by molar-refractivity contribution is -0.236. The van der Waals surface area contributed by atoms with Crippen molar-refractivity contribution in [3.05, 3.63) is 104 Å². The molecule has 0 aromatic rings. The second-order valence-corrected chi connectivity index (χ2v) is 34.7. The summed E-state index contributed by atoms with van der Waals surface area (Å²) in [5, 5.41) is 232. The molecule has 10 aliphatic heterocycles. The van der Waals surface area contributed by atoms with E-state index in [4.69, 9.17) is 118 Å². The molecule has 10 rings (SSSR count). The smallest absolute Gasteiger partial charge is 0.166 e. The highest BCUT2D eigenvalue weighted by Crippen LogP contribution is 2.35. The molecule has 0 aromatic heterocycles. The summed E-state index contributed by atoms with van der Waals surface area (Å²) < 4.78 is 53.0. The molecule has 10 aliphatic rings. The van der Waals surface area contributed by atoms with Crippen LogP contribution in [0.3, 0.4) is 0 Å². The molecular formula is C77H146N30O31. The summed E-state index contributed by atoms with van der Waals surface area (Å²) in [7, 11) is 0. The van der Waals surface area contributed by atoms with Gasteiger partial charge in [0, 0.05) is 66.9 Å². The fraction of sp³-hybridized carbons (Fsp3) is 1.00. The van der Waals surface area contributed by atoms with Crippen LogP contribution in [-0.2, 0) is 47.4 Å². The number of hydrogen-bond acceptors (Lipinski definition) is 41. The summed E-state index contributed by atoms with van der Waals surface area (Å²) in [5.74, 6) is -0.587. The summed E-state index contributed by atoms with van der Waals surface area (Å²) in [6.45, 7) is 33.2. The maximum absolute atomic E-state index is 9.90. The van der Waals surface area contributed by atoms with Crippen molar-refractivity contribution in [3.8, 4) is 0 Å². The Morgan fingerprint density at radius 1 is 0.181 bits per heavy atom. The molecule has 0 amide bonds. The van der Waals surface area contributed by atoms with E-state index in [2.05, 4.69) is 100 Å². The molecule has 790 valence electrons. The molecule has 10 saturated heterocycles. The van der Waals surface area contributed by atoms with Gasteiger partial charge < -0.3 is 155 Å². The Labute approximate surface area is 796 Å². The zero-order valence-electron chi connectivity index (χ0n) is 79.7. The van der Waals surface area contributed by atoms with Crippen LogP contribution in [0.25, 0.3) is 104 Å². The molecule has 24 unspecified atom stereocenters. The first kappa shape index (κ1) is 130. The topological polar surface area (TPSA) is 1000 Å². The number of aliphatic hydroxyl groups is 21. The van der Waals surface area contributed by atoms with Crippen LogP contribution in [0, 0.1) is 41.4 Å². The predicted octanol–water partition coefficient (Wildman–Crippen LogP) is 3.24. The predicted molar refractivity (Wildman–Crippen MR) is 485 cm³/mol. The number of ether oxygens (including phenoxy) is 10. The van der Waals surface area contributed by atoms with Crippen molar-refractivity contribution >= 4 is 0 Å². The lowest BCUT2D eigenvalue weighted by Gasteiger charge is -2.40.